The van der Waals surface area contributed by atoms with Crippen LogP contribution in [-0.2, 0) is 7.05 Å². The van der Waals surface area contributed by atoms with Crippen LogP contribution in [0.15, 0.2) is 36.7 Å². The van der Waals surface area contributed by atoms with E-state index in [4.69, 9.17) is 0 Å². The number of carbonyl (C=O) groups excluding carboxylic acids is 1. The number of imidazole rings is 1. The van der Waals surface area contributed by atoms with Gasteiger partial charge in [0.05, 0.1) is 6.10 Å². The number of hydrogen-bond donors (Lipinski definition) is 3. The zero-order valence-electron chi connectivity index (χ0n) is 14.2. The van der Waals surface area contributed by atoms with Crippen molar-refractivity contribution in [3.05, 3.63) is 53.9 Å². The molecule has 1 aromatic carbocycles. The number of hydrogen-bond acceptors (Lipinski definition) is 3. The van der Waals surface area contributed by atoms with Crippen molar-refractivity contribution in [3.8, 4) is 0 Å². The van der Waals surface area contributed by atoms with E-state index in [1.165, 1.54) is 6.07 Å². The summed E-state index contributed by atoms with van der Waals surface area (Å²) < 4.78 is 16.0. The minimum absolute atomic E-state index is 0.0195. The summed E-state index contributed by atoms with van der Waals surface area (Å²) >= 11 is 0. The van der Waals surface area contributed by atoms with Gasteiger partial charge in [-0.3, -0.25) is 0 Å². The number of halogens is 1. The van der Waals surface area contributed by atoms with Gasteiger partial charge in [0.25, 0.3) is 0 Å². The Morgan fingerprint density at radius 2 is 2.04 bits per heavy atom. The van der Waals surface area contributed by atoms with Gasteiger partial charge in [-0.2, -0.15) is 0 Å². The van der Waals surface area contributed by atoms with Crippen LogP contribution in [0.5, 0.6) is 0 Å². The lowest BCUT2D eigenvalue weighted by molar-refractivity contribution is 0.117. The van der Waals surface area contributed by atoms with E-state index in [2.05, 4.69) is 15.6 Å². The van der Waals surface area contributed by atoms with E-state index in [-0.39, 0.29) is 18.2 Å². The van der Waals surface area contributed by atoms with E-state index >= 15 is 0 Å². The van der Waals surface area contributed by atoms with Crippen molar-refractivity contribution in [1.29, 1.82) is 0 Å². The Bertz CT molecular complexity index is 725. The molecule has 1 atom stereocenters. The van der Waals surface area contributed by atoms with Crippen molar-refractivity contribution in [2.45, 2.75) is 43.9 Å². The molecule has 3 N–H and O–H groups in total. The van der Waals surface area contributed by atoms with E-state index < -0.39 is 11.9 Å². The van der Waals surface area contributed by atoms with Crippen LogP contribution in [0.4, 0.5) is 9.18 Å². The molecule has 134 valence electrons. The Morgan fingerprint density at radius 3 is 2.68 bits per heavy atom. The summed E-state index contributed by atoms with van der Waals surface area (Å²) in [5, 5.41) is 15.3. The molecule has 1 fully saturated rings. The molecule has 6 nitrogen and oxygen atoms in total. The molecule has 1 saturated carbocycles. The van der Waals surface area contributed by atoms with Crippen molar-refractivity contribution in [3.63, 3.8) is 0 Å². The summed E-state index contributed by atoms with van der Waals surface area (Å²) in [6.07, 6.45) is 5.93. The monoisotopic (exact) mass is 346 g/mol. The van der Waals surface area contributed by atoms with Crippen LogP contribution in [0.1, 0.15) is 43.1 Å². The number of nitrogens with zero attached hydrogens (tertiary/aromatic N) is 2. The first-order valence-electron chi connectivity index (χ1n) is 8.51. The van der Waals surface area contributed by atoms with E-state index in [1.54, 1.807) is 42.2 Å². The number of nitrogens with one attached hydrogen (secondary N) is 2. The van der Waals surface area contributed by atoms with Crippen LogP contribution in [0.25, 0.3) is 0 Å². The second kappa shape index (κ2) is 7.65. The van der Waals surface area contributed by atoms with Gasteiger partial charge in [-0.25, -0.2) is 14.2 Å². The van der Waals surface area contributed by atoms with Crippen LogP contribution >= 0.6 is 0 Å². The summed E-state index contributed by atoms with van der Waals surface area (Å²) in [6.45, 7) is 0. The molecule has 0 bridgehead atoms. The minimum atomic E-state index is -0.685. The number of aryl methyl sites for hydroxylation is 1. The van der Waals surface area contributed by atoms with E-state index in [0.29, 0.717) is 24.2 Å². The fourth-order valence-corrected chi connectivity index (χ4v) is 3.22. The smallest absolute Gasteiger partial charge is 0.315 e. The molecule has 2 amide bonds. The average molecular weight is 346 g/mol. The highest BCUT2D eigenvalue weighted by Crippen LogP contribution is 2.23. The Kier molecular flexibility index (Phi) is 5.33. The zero-order chi connectivity index (χ0) is 17.8. The third-order valence-electron chi connectivity index (χ3n) is 4.64. The maximum Gasteiger partial charge on any atom is 0.315 e. The molecule has 0 unspecified atom stereocenters. The Morgan fingerprint density at radius 1 is 1.32 bits per heavy atom. The SMILES string of the molecule is Cn1ccnc1[C@@H](NC(=O)NC1CCC(O)CC1)c1ccccc1F. The van der Waals surface area contributed by atoms with Gasteiger partial charge in [0.2, 0.25) is 0 Å². The van der Waals surface area contributed by atoms with Crippen LogP contribution in [-0.4, -0.2) is 32.8 Å². The molecule has 0 spiro atoms. The molecular formula is C18H23FN4O2. The predicted molar refractivity (Wildman–Crippen MR) is 91.4 cm³/mol. The minimum Gasteiger partial charge on any atom is -0.393 e. The predicted octanol–water partition coefficient (Wildman–Crippen LogP) is 2.25. The molecule has 1 aliphatic carbocycles. The molecular weight excluding hydrogens is 323 g/mol. The number of amides is 2. The molecule has 25 heavy (non-hydrogen) atoms. The van der Waals surface area contributed by atoms with Crippen LogP contribution in [0, 0.1) is 5.82 Å². The first-order valence-corrected chi connectivity index (χ1v) is 8.51. The van der Waals surface area contributed by atoms with Gasteiger partial charge in [-0.05, 0) is 31.7 Å². The summed E-state index contributed by atoms with van der Waals surface area (Å²) in [5.74, 6) is 0.163. The second-order valence-electron chi connectivity index (χ2n) is 6.47. The number of aromatic nitrogens is 2. The first kappa shape index (κ1) is 17.4. The molecule has 0 radical (unpaired) electrons. The van der Waals surface area contributed by atoms with Gasteiger partial charge >= 0.3 is 6.03 Å². The molecule has 1 aromatic heterocycles. The molecule has 7 heteroatoms. The van der Waals surface area contributed by atoms with E-state index in [1.807, 2.05) is 0 Å². The van der Waals surface area contributed by atoms with Crippen molar-refractivity contribution in [2.24, 2.45) is 7.05 Å². The number of rotatable bonds is 4. The summed E-state index contributed by atoms with van der Waals surface area (Å²) in [4.78, 5) is 16.7. The molecule has 1 aliphatic rings. The number of urea groups is 1. The molecule has 0 saturated heterocycles. The second-order valence-corrected chi connectivity index (χ2v) is 6.47. The Hall–Kier alpha value is -2.41. The van der Waals surface area contributed by atoms with Crippen molar-refractivity contribution < 1.29 is 14.3 Å². The van der Waals surface area contributed by atoms with Crippen LogP contribution in [0.3, 0.4) is 0 Å². The highest BCUT2D eigenvalue weighted by molar-refractivity contribution is 5.75. The number of benzene rings is 1. The fraction of sp³-hybridized carbons (Fsp3) is 0.444. The van der Waals surface area contributed by atoms with E-state index in [9.17, 15) is 14.3 Å². The lowest BCUT2D eigenvalue weighted by Crippen LogP contribution is -2.46. The highest BCUT2D eigenvalue weighted by Gasteiger charge is 2.26. The average Bonchev–Trinajstić information content (AvgIpc) is 3.01. The number of carbonyl (C=O) groups is 1. The lowest BCUT2D eigenvalue weighted by Gasteiger charge is -2.27. The quantitative estimate of drug-likeness (QED) is 0.794. The topological polar surface area (TPSA) is 79.2 Å². The molecule has 1 heterocycles. The molecule has 0 aliphatic heterocycles. The summed E-state index contributed by atoms with van der Waals surface area (Å²) in [7, 11) is 1.80. The van der Waals surface area contributed by atoms with Gasteiger partial charge in [0.1, 0.15) is 17.7 Å². The highest BCUT2D eigenvalue weighted by atomic mass is 19.1. The molecule has 3 rings (SSSR count). The molecule has 2 aromatic rings. The standard InChI is InChI=1S/C18H23FN4O2/c1-23-11-10-20-17(23)16(14-4-2-3-5-15(14)19)22-18(25)21-12-6-8-13(24)9-7-12/h2-5,10-13,16,24H,6-9H2,1H3,(H2,21,22,25)/t12?,13?,16-/m0/s1. The lowest BCUT2D eigenvalue weighted by atomic mass is 9.93. The zero-order valence-corrected chi connectivity index (χ0v) is 14.2. The summed E-state index contributed by atoms with van der Waals surface area (Å²) in [5.41, 5.74) is 0.367. The maximum absolute atomic E-state index is 14.3. The first-order chi connectivity index (χ1) is 12.0. The Balaban J connectivity index is 1.75. The largest absolute Gasteiger partial charge is 0.393 e. The normalized spacial score (nSPS) is 21.6. The Labute approximate surface area is 146 Å². The van der Waals surface area contributed by atoms with Gasteiger partial charge in [0.15, 0.2) is 0 Å². The third-order valence-corrected chi connectivity index (χ3v) is 4.64. The third kappa shape index (κ3) is 4.17. The summed E-state index contributed by atoms with van der Waals surface area (Å²) in [6, 6.07) is 5.33. The number of aliphatic hydroxyl groups excluding tert-OH is 1. The van der Waals surface area contributed by atoms with E-state index in [0.717, 1.165) is 12.8 Å². The van der Waals surface area contributed by atoms with Crippen molar-refractivity contribution in [1.82, 2.24) is 20.2 Å². The van der Waals surface area contributed by atoms with Crippen LogP contribution in [0.2, 0.25) is 0 Å². The van der Waals surface area contributed by atoms with Gasteiger partial charge < -0.3 is 20.3 Å². The fourth-order valence-electron chi connectivity index (χ4n) is 3.22. The van der Waals surface area contributed by atoms with Gasteiger partial charge in [0, 0.05) is 31.0 Å². The van der Waals surface area contributed by atoms with Gasteiger partial charge in [-0.15, -0.1) is 0 Å². The van der Waals surface area contributed by atoms with Crippen molar-refractivity contribution >= 4 is 6.03 Å². The number of aliphatic hydroxyl groups is 1. The van der Waals surface area contributed by atoms with Gasteiger partial charge in [-0.1, -0.05) is 18.2 Å². The van der Waals surface area contributed by atoms with Crippen LogP contribution < -0.4 is 10.6 Å². The maximum atomic E-state index is 14.3. The van der Waals surface area contributed by atoms with Crippen molar-refractivity contribution in [2.75, 3.05) is 0 Å².